The van der Waals surface area contributed by atoms with E-state index in [1.54, 1.807) is 0 Å². The molecule has 1 saturated heterocycles. The normalized spacial score (nSPS) is 18.7. The number of ether oxygens (including phenoxy) is 1. The molecule has 1 aliphatic heterocycles. The van der Waals surface area contributed by atoms with E-state index < -0.39 is 0 Å². The Balaban J connectivity index is 2.33. The summed E-state index contributed by atoms with van der Waals surface area (Å²) in [5, 5.41) is 0. The Hall–Kier alpha value is -0.990. The summed E-state index contributed by atoms with van der Waals surface area (Å²) < 4.78 is 4.52. The van der Waals surface area contributed by atoms with E-state index in [9.17, 15) is 4.79 Å². The van der Waals surface area contributed by atoms with Gasteiger partial charge in [0.05, 0.1) is 7.11 Å². The molecule has 0 atom stereocenters. The highest BCUT2D eigenvalue weighted by atomic mass is 16.5. The quantitative estimate of drug-likeness (QED) is 0.480. The smallest absolute Gasteiger partial charge is 0.331 e. The summed E-state index contributed by atoms with van der Waals surface area (Å²) in [7, 11) is 1.40. The van der Waals surface area contributed by atoms with E-state index >= 15 is 0 Å². The summed E-state index contributed by atoms with van der Waals surface area (Å²) in [6.07, 6.45) is 8.41. The lowest BCUT2D eigenvalue weighted by Gasteiger charge is -2.16. The molecule has 0 radical (unpaired) electrons. The first kappa shape index (κ1) is 10.1. The van der Waals surface area contributed by atoms with Crippen LogP contribution in [0, 0.1) is 0 Å². The van der Waals surface area contributed by atoms with Gasteiger partial charge in [0.15, 0.2) is 0 Å². The summed E-state index contributed by atoms with van der Waals surface area (Å²) in [4.78, 5) is 13.0. The Labute approximate surface area is 79.4 Å². The van der Waals surface area contributed by atoms with Crippen molar-refractivity contribution in [1.29, 1.82) is 0 Å². The molecule has 0 spiro atoms. The standard InChI is InChI=1S/C10H17NO2/c1-13-10(12)6-9-11-7-4-2-3-5-8-11/h6,9H,2-5,7-8H2,1H3. The molecule has 13 heavy (non-hydrogen) atoms. The van der Waals surface area contributed by atoms with Crippen LogP contribution < -0.4 is 0 Å². The number of esters is 1. The largest absolute Gasteiger partial charge is 0.466 e. The average Bonchev–Trinajstić information content (AvgIpc) is 2.42. The van der Waals surface area contributed by atoms with Crippen molar-refractivity contribution in [2.45, 2.75) is 25.7 Å². The van der Waals surface area contributed by atoms with Crippen LogP contribution in [0.5, 0.6) is 0 Å². The Morgan fingerprint density at radius 1 is 1.23 bits per heavy atom. The van der Waals surface area contributed by atoms with Gasteiger partial charge in [0.2, 0.25) is 0 Å². The first-order valence-corrected chi connectivity index (χ1v) is 4.83. The Bertz CT molecular complexity index is 181. The number of methoxy groups -OCH3 is 1. The molecule has 1 aliphatic rings. The fourth-order valence-corrected chi connectivity index (χ4v) is 1.48. The highest BCUT2D eigenvalue weighted by Crippen LogP contribution is 2.09. The fourth-order valence-electron chi connectivity index (χ4n) is 1.48. The average molecular weight is 183 g/mol. The topological polar surface area (TPSA) is 29.5 Å². The number of carbonyl (C=O) groups excluding carboxylic acids is 1. The lowest BCUT2D eigenvalue weighted by atomic mass is 10.2. The highest BCUT2D eigenvalue weighted by Gasteiger charge is 2.04. The molecule has 0 unspecified atom stereocenters. The van der Waals surface area contributed by atoms with Gasteiger partial charge in [-0.05, 0) is 12.8 Å². The molecule has 3 heteroatoms. The van der Waals surface area contributed by atoms with Gasteiger partial charge >= 0.3 is 5.97 Å². The molecule has 74 valence electrons. The zero-order valence-electron chi connectivity index (χ0n) is 8.16. The van der Waals surface area contributed by atoms with E-state index in [0.29, 0.717) is 0 Å². The van der Waals surface area contributed by atoms with E-state index in [4.69, 9.17) is 0 Å². The van der Waals surface area contributed by atoms with Crippen molar-refractivity contribution in [2.75, 3.05) is 20.2 Å². The van der Waals surface area contributed by atoms with Crippen molar-refractivity contribution in [3.63, 3.8) is 0 Å². The van der Waals surface area contributed by atoms with Crippen LogP contribution >= 0.6 is 0 Å². The molecule has 0 aromatic rings. The maximum absolute atomic E-state index is 10.8. The van der Waals surface area contributed by atoms with Crippen LogP contribution in [0.2, 0.25) is 0 Å². The first-order valence-electron chi connectivity index (χ1n) is 4.83. The third-order valence-electron chi connectivity index (χ3n) is 2.26. The predicted octanol–water partition coefficient (Wildman–Crippen LogP) is 1.55. The van der Waals surface area contributed by atoms with Crippen molar-refractivity contribution in [3.8, 4) is 0 Å². The monoisotopic (exact) mass is 183 g/mol. The van der Waals surface area contributed by atoms with Crippen LogP contribution in [0.15, 0.2) is 12.3 Å². The third-order valence-corrected chi connectivity index (χ3v) is 2.26. The van der Waals surface area contributed by atoms with Crippen LogP contribution in [0.3, 0.4) is 0 Å². The maximum atomic E-state index is 10.8. The lowest BCUT2D eigenvalue weighted by molar-refractivity contribution is -0.134. The summed E-state index contributed by atoms with van der Waals surface area (Å²) in [6, 6.07) is 0. The number of rotatable bonds is 2. The second kappa shape index (κ2) is 5.62. The van der Waals surface area contributed by atoms with Gasteiger partial charge in [0, 0.05) is 25.4 Å². The van der Waals surface area contributed by atoms with Crippen LogP contribution in [0.4, 0.5) is 0 Å². The van der Waals surface area contributed by atoms with Gasteiger partial charge in [-0.15, -0.1) is 0 Å². The Morgan fingerprint density at radius 3 is 2.38 bits per heavy atom. The van der Waals surface area contributed by atoms with Crippen molar-refractivity contribution in [1.82, 2.24) is 4.90 Å². The van der Waals surface area contributed by atoms with Crippen LogP contribution in [-0.4, -0.2) is 31.1 Å². The molecule has 3 nitrogen and oxygen atoms in total. The molecular weight excluding hydrogens is 166 g/mol. The maximum Gasteiger partial charge on any atom is 0.331 e. The summed E-state index contributed by atoms with van der Waals surface area (Å²) >= 11 is 0. The molecule has 0 saturated carbocycles. The summed E-state index contributed by atoms with van der Waals surface area (Å²) in [5.41, 5.74) is 0. The molecule has 0 amide bonds. The summed E-state index contributed by atoms with van der Waals surface area (Å²) in [6.45, 7) is 2.13. The van der Waals surface area contributed by atoms with Crippen LogP contribution in [-0.2, 0) is 9.53 Å². The molecule has 0 bridgehead atoms. The zero-order valence-corrected chi connectivity index (χ0v) is 8.16. The van der Waals surface area contributed by atoms with Crippen molar-refractivity contribution in [2.24, 2.45) is 0 Å². The highest BCUT2D eigenvalue weighted by molar-refractivity contribution is 5.81. The number of hydrogen-bond donors (Lipinski definition) is 0. The van der Waals surface area contributed by atoms with Crippen LogP contribution in [0.25, 0.3) is 0 Å². The minimum atomic E-state index is -0.274. The number of nitrogens with zero attached hydrogens (tertiary/aromatic N) is 1. The Morgan fingerprint density at radius 2 is 1.85 bits per heavy atom. The van der Waals surface area contributed by atoms with Crippen molar-refractivity contribution < 1.29 is 9.53 Å². The van der Waals surface area contributed by atoms with Gasteiger partial charge in [-0.1, -0.05) is 12.8 Å². The van der Waals surface area contributed by atoms with E-state index in [2.05, 4.69) is 9.64 Å². The van der Waals surface area contributed by atoms with Gasteiger partial charge in [-0.3, -0.25) is 0 Å². The van der Waals surface area contributed by atoms with Crippen LogP contribution in [0.1, 0.15) is 25.7 Å². The molecule has 0 N–H and O–H groups in total. The van der Waals surface area contributed by atoms with E-state index in [0.717, 1.165) is 13.1 Å². The minimum Gasteiger partial charge on any atom is -0.466 e. The van der Waals surface area contributed by atoms with Gasteiger partial charge in [0.25, 0.3) is 0 Å². The number of hydrogen-bond acceptors (Lipinski definition) is 3. The van der Waals surface area contributed by atoms with Crippen molar-refractivity contribution in [3.05, 3.63) is 12.3 Å². The second-order valence-electron chi connectivity index (χ2n) is 3.29. The molecule has 1 fully saturated rings. The lowest BCUT2D eigenvalue weighted by Crippen LogP contribution is -2.18. The molecule has 0 aromatic heterocycles. The predicted molar refractivity (Wildman–Crippen MR) is 51.2 cm³/mol. The van der Waals surface area contributed by atoms with E-state index in [-0.39, 0.29) is 5.97 Å². The second-order valence-corrected chi connectivity index (χ2v) is 3.29. The number of carbonyl (C=O) groups is 1. The van der Waals surface area contributed by atoms with Gasteiger partial charge < -0.3 is 9.64 Å². The van der Waals surface area contributed by atoms with Gasteiger partial charge in [-0.25, -0.2) is 4.79 Å². The summed E-state index contributed by atoms with van der Waals surface area (Å²) in [5.74, 6) is -0.274. The number of likely N-dealkylation sites (tertiary alicyclic amines) is 1. The first-order chi connectivity index (χ1) is 6.33. The van der Waals surface area contributed by atoms with E-state index in [1.165, 1.54) is 38.9 Å². The van der Waals surface area contributed by atoms with Gasteiger partial charge in [-0.2, -0.15) is 0 Å². The van der Waals surface area contributed by atoms with E-state index in [1.807, 2.05) is 6.20 Å². The molecular formula is C10H17NO2. The van der Waals surface area contributed by atoms with Crippen molar-refractivity contribution >= 4 is 5.97 Å². The fraction of sp³-hybridized carbons (Fsp3) is 0.700. The zero-order chi connectivity index (χ0) is 9.52. The Kier molecular flexibility index (Phi) is 4.36. The molecule has 0 aromatic carbocycles. The third kappa shape index (κ3) is 3.97. The molecule has 1 rings (SSSR count). The molecule has 1 heterocycles. The minimum absolute atomic E-state index is 0.274. The SMILES string of the molecule is COC(=O)C=CN1CCCCCC1. The molecule has 0 aliphatic carbocycles. The van der Waals surface area contributed by atoms with Gasteiger partial charge in [0.1, 0.15) is 0 Å².